The van der Waals surface area contributed by atoms with E-state index in [1.165, 1.54) is 13.0 Å². The largest absolute Gasteiger partial charge is 0.416 e. The lowest BCUT2D eigenvalue weighted by Crippen LogP contribution is -2.43. The lowest BCUT2D eigenvalue weighted by Gasteiger charge is -2.35. The summed E-state index contributed by atoms with van der Waals surface area (Å²) in [6, 6.07) is 3.25. The first-order chi connectivity index (χ1) is 10.3. The van der Waals surface area contributed by atoms with E-state index in [4.69, 9.17) is 16.3 Å². The second-order valence-electron chi connectivity index (χ2n) is 5.21. The summed E-state index contributed by atoms with van der Waals surface area (Å²) in [5.74, 6) is -0.301. The molecule has 0 N–H and O–H groups in total. The van der Waals surface area contributed by atoms with Crippen LogP contribution in [0, 0.1) is 0 Å². The number of amides is 1. The summed E-state index contributed by atoms with van der Waals surface area (Å²) in [6.45, 7) is 2.47. The van der Waals surface area contributed by atoms with Gasteiger partial charge in [0.2, 0.25) is 5.91 Å². The van der Waals surface area contributed by atoms with E-state index in [0.717, 1.165) is 12.1 Å². The first-order valence-corrected chi connectivity index (χ1v) is 7.51. The van der Waals surface area contributed by atoms with Crippen molar-refractivity contribution in [3.8, 4) is 0 Å². The van der Waals surface area contributed by atoms with Crippen molar-refractivity contribution >= 4 is 23.2 Å². The van der Waals surface area contributed by atoms with Gasteiger partial charge in [-0.05, 0) is 36.6 Å². The van der Waals surface area contributed by atoms with Crippen LogP contribution in [-0.4, -0.2) is 25.2 Å². The summed E-state index contributed by atoms with van der Waals surface area (Å²) in [6.07, 6.45) is -3.12. The molecule has 1 aliphatic heterocycles. The van der Waals surface area contributed by atoms with Gasteiger partial charge in [-0.15, -0.1) is 11.6 Å². The lowest BCUT2D eigenvalue weighted by molar-refractivity contribution is -0.137. The Morgan fingerprint density at radius 2 is 2.00 bits per heavy atom. The van der Waals surface area contributed by atoms with Crippen LogP contribution in [0.25, 0.3) is 0 Å². The standard InChI is InChI=1S/C15H17ClF3NO2/c1-10(21)20(13-4-6-22-7-5-13)14-3-2-12(15(17,18)19)8-11(14)9-16/h2-3,8,13H,4-7,9H2,1H3. The highest BCUT2D eigenvalue weighted by Gasteiger charge is 2.32. The molecule has 0 saturated carbocycles. The maximum Gasteiger partial charge on any atom is 0.416 e. The van der Waals surface area contributed by atoms with Crippen molar-refractivity contribution in [2.45, 2.75) is 37.9 Å². The molecule has 122 valence electrons. The number of ether oxygens (including phenoxy) is 1. The van der Waals surface area contributed by atoms with Crippen LogP contribution in [0.4, 0.5) is 18.9 Å². The Kier molecular flexibility index (Phi) is 5.34. The number of hydrogen-bond donors (Lipinski definition) is 0. The Balaban J connectivity index is 2.40. The van der Waals surface area contributed by atoms with E-state index in [-0.39, 0.29) is 17.8 Å². The van der Waals surface area contributed by atoms with Crippen molar-refractivity contribution in [1.82, 2.24) is 0 Å². The third-order valence-electron chi connectivity index (χ3n) is 3.71. The van der Waals surface area contributed by atoms with Gasteiger partial charge >= 0.3 is 6.18 Å². The molecule has 1 amide bonds. The monoisotopic (exact) mass is 335 g/mol. The molecule has 1 aromatic carbocycles. The number of benzene rings is 1. The molecule has 0 aromatic heterocycles. The summed E-state index contributed by atoms with van der Waals surface area (Å²) in [5.41, 5.74) is -0.0111. The molecule has 1 fully saturated rings. The van der Waals surface area contributed by atoms with E-state index in [2.05, 4.69) is 0 Å². The molecule has 0 atom stereocenters. The van der Waals surface area contributed by atoms with Crippen LogP contribution >= 0.6 is 11.6 Å². The maximum atomic E-state index is 12.8. The Labute approximate surface area is 132 Å². The van der Waals surface area contributed by atoms with E-state index in [0.29, 0.717) is 37.3 Å². The number of carbonyl (C=O) groups is 1. The smallest absolute Gasteiger partial charge is 0.381 e. The van der Waals surface area contributed by atoms with Gasteiger partial charge in [0, 0.05) is 37.7 Å². The molecular formula is C15H17ClF3NO2. The van der Waals surface area contributed by atoms with E-state index in [1.54, 1.807) is 4.90 Å². The van der Waals surface area contributed by atoms with Crippen LogP contribution in [0.1, 0.15) is 30.9 Å². The number of carbonyl (C=O) groups excluding carboxylic acids is 1. The van der Waals surface area contributed by atoms with Gasteiger partial charge in [-0.2, -0.15) is 13.2 Å². The summed E-state index contributed by atoms with van der Waals surface area (Å²) in [4.78, 5) is 13.6. The van der Waals surface area contributed by atoms with Crippen LogP contribution in [0.15, 0.2) is 18.2 Å². The molecule has 0 spiro atoms. The van der Waals surface area contributed by atoms with Gasteiger partial charge in [0.05, 0.1) is 5.56 Å². The Morgan fingerprint density at radius 1 is 1.36 bits per heavy atom. The molecule has 0 radical (unpaired) electrons. The fourth-order valence-electron chi connectivity index (χ4n) is 2.67. The molecule has 2 rings (SSSR count). The van der Waals surface area contributed by atoms with Gasteiger partial charge in [-0.3, -0.25) is 4.79 Å². The first-order valence-electron chi connectivity index (χ1n) is 6.98. The summed E-state index contributed by atoms with van der Waals surface area (Å²) in [7, 11) is 0. The number of nitrogens with zero attached hydrogens (tertiary/aromatic N) is 1. The van der Waals surface area contributed by atoms with Crippen molar-refractivity contribution in [1.29, 1.82) is 0 Å². The Morgan fingerprint density at radius 3 is 2.50 bits per heavy atom. The van der Waals surface area contributed by atoms with Crippen molar-refractivity contribution in [3.63, 3.8) is 0 Å². The molecule has 22 heavy (non-hydrogen) atoms. The highest BCUT2D eigenvalue weighted by atomic mass is 35.5. The van der Waals surface area contributed by atoms with Crippen LogP contribution in [0.3, 0.4) is 0 Å². The van der Waals surface area contributed by atoms with Gasteiger partial charge in [0.1, 0.15) is 0 Å². The Hall–Kier alpha value is -1.27. The second kappa shape index (κ2) is 6.87. The van der Waals surface area contributed by atoms with Gasteiger partial charge in [-0.1, -0.05) is 0 Å². The van der Waals surface area contributed by atoms with Crippen molar-refractivity contribution in [2.24, 2.45) is 0 Å². The van der Waals surface area contributed by atoms with Crippen molar-refractivity contribution in [2.75, 3.05) is 18.1 Å². The van der Waals surface area contributed by atoms with Crippen LogP contribution in [-0.2, 0) is 21.6 Å². The molecular weight excluding hydrogens is 319 g/mol. The van der Waals surface area contributed by atoms with Gasteiger partial charge < -0.3 is 9.64 Å². The second-order valence-corrected chi connectivity index (χ2v) is 5.47. The van der Waals surface area contributed by atoms with E-state index in [9.17, 15) is 18.0 Å². The highest BCUT2D eigenvalue weighted by Crippen LogP contribution is 2.35. The van der Waals surface area contributed by atoms with Gasteiger partial charge in [0.15, 0.2) is 0 Å². The zero-order chi connectivity index (χ0) is 16.3. The van der Waals surface area contributed by atoms with E-state index in [1.807, 2.05) is 0 Å². The molecule has 3 nitrogen and oxygen atoms in total. The molecule has 1 aliphatic rings. The SMILES string of the molecule is CC(=O)N(c1ccc(C(F)(F)F)cc1CCl)C1CCOCC1. The molecule has 1 aromatic rings. The summed E-state index contributed by atoms with van der Waals surface area (Å²) in [5, 5.41) is 0. The van der Waals surface area contributed by atoms with Crippen LogP contribution < -0.4 is 4.90 Å². The van der Waals surface area contributed by atoms with Crippen molar-refractivity contribution in [3.05, 3.63) is 29.3 Å². The topological polar surface area (TPSA) is 29.5 Å². The fourth-order valence-corrected chi connectivity index (χ4v) is 2.88. The van der Waals surface area contributed by atoms with E-state index < -0.39 is 11.7 Å². The average molecular weight is 336 g/mol. The highest BCUT2D eigenvalue weighted by molar-refractivity contribution is 6.17. The zero-order valence-corrected chi connectivity index (χ0v) is 12.9. The minimum absolute atomic E-state index is 0.0787. The normalized spacial score (nSPS) is 16.6. The van der Waals surface area contributed by atoms with E-state index >= 15 is 0 Å². The van der Waals surface area contributed by atoms with Crippen LogP contribution in [0.2, 0.25) is 0 Å². The third-order valence-corrected chi connectivity index (χ3v) is 3.99. The Bertz CT molecular complexity index is 542. The molecule has 0 aliphatic carbocycles. The molecule has 1 heterocycles. The van der Waals surface area contributed by atoms with Gasteiger partial charge in [0.25, 0.3) is 0 Å². The predicted octanol–water partition coefficient (Wildman–Crippen LogP) is 3.98. The quantitative estimate of drug-likeness (QED) is 0.782. The van der Waals surface area contributed by atoms with Gasteiger partial charge in [-0.25, -0.2) is 0 Å². The summed E-state index contributed by atoms with van der Waals surface area (Å²) < 4.78 is 43.7. The minimum atomic E-state index is -4.43. The molecule has 0 bridgehead atoms. The summed E-state index contributed by atoms with van der Waals surface area (Å²) >= 11 is 5.81. The predicted molar refractivity (Wildman–Crippen MR) is 78.0 cm³/mol. The molecule has 7 heteroatoms. The third kappa shape index (κ3) is 3.73. The molecule has 0 unspecified atom stereocenters. The fraction of sp³-hybridized carbons (Fsp3) is 0.533. The first kappa shape index (κ1) is 17.1. The average Bonchev–Trinajstić information content (AvgIpc) is 2.47. The number of hydrogen-bond acceptors (Lipinski definition) is 2. The molecule has 1 saturated heterocycles. The zero-order valence-electron chi connectivity index (χ0n) is 12.1. The maximum absolute atomic E-state index is 12.8. The number of alkyl halides is 4. The van der Waals surface area contributed by atoms with Crippen LogP contribution in [0.5, 0.6) is 0 Å². The number of anilines is 1. The number of halogens is 4. The number of rotatable bonds is 3. The lowest BCUT2D eigenvalue weighted by atomic mass is 10.0. The van der Waals surface area contributed by atoms with Crippen molar-refractivity contribution < 1.29 is 22.7 Å². The minimum Gasteiger partial charge on any atom is -0.381 e.